The molecule has 0 amide bonds. The molecular formula is C13H12ClN5O. The Bertz CT molecular complexity index is 748. The molecule has 0 aromatic carbocycles. The first-order chi connectivity index (χ1) is 9.79. The summed E-state index contributed by atoms with van der Waals surface area (Å²) >= 11 is 5.96. The molecule has 102 valence electrons. The molecule has 0 radical (unpaired) electrons. The fourth-order valence-corrected chi connectivity index (χ4v) is 2.32. The standard InChI is InChI=1S/C13H12ClN5O/c14-13-18-11(15-6-8-2-1-5-20-8)9-12(19-13)17-10(16-9)7-3-4-7/h1-2,5,7H,3-4,6H2,(H2,15,16,17,18,19). The number of rotatable bonds is 4. The molecule has 1 fully saturated rings. The van der Waals surface area contributed by atoms with Crippen molar-refractivity contribution < 1.29 is 4.42 Å². The number of aromatic amines is 1. The number of furan rings is 1. The molecule has 0 bridgehead atoms. The van der Waals surface area contributed by atoms with Gasteiger partial charge in [0.25, 0.3) is 0 Å². The zero-order valence-electron chi connectivity index (χ0n) is 10.6. The zero-order chi connectivity index (χ0) is 13.5. The second-order valence-corrected chi connectivity index (χ2v) is 5.21. The van der Waals surface area contributed by atoms with E-state index in [1.54, 1.807) is 6.26 Å². The fourth-order valence-electron chi connectivity index (χ4n) is 2.15. The van der Waals surface area contributed by atoms with E-state index in [2.05, 4.69) is 25.3 Å². The minimum atomic E-state index is 0.199. The van der Waals surface area contributed by atoms with Crippen LogP contribution in [0.25, 0.3) is 11.2 Å². The normalized spacial score (nSPS) is 14.8. The number of imidazole rings is 1. The topological polar surface area (TPSA) is 79.6 Å². The van der Waals surface area contributed by atoms with Crippen molar-refractivity contribution in [2.45, 2.75) is 25.3 Å². The first kappa shape index (κ1) is 11.7. The number of fused-ring (bicyclic) bond motifs is 1. The van der Waals surface area contributed by atoms with E-state index in [0.29, 0.717) is 23.9 Å². The van der Waals surface area contributed by atoms with Gasteiger partial charge >= 0.3 is 0 Å². The van der Waals surface area contributed by atoms with E-state index in [0.717, 1.165) is 17.1 Å². The number of aromatic nitrogens is 4. The van der Waals surface area contributed by atoms with Crippen LogP contribution in [-0.4, -0.2) is 19.9 Å². The van der Waals surface area contributed by atoms with Gasteiger partial charge in [0.2, 0.25) is 5.28 Å². The molecular weight excluding hydrogens is 278 g/mol. The zero-order valence-corrected chi connectivity index (χ0v) is 11.3. The summed E-state index contributed by atoms with van der Waals surface area (Å²) in [6.45, 7) is 0.529. The third kappa shape index (κ3) is 2.12. The van der Waals surface area contributed by atoms with Gasteiger partial charge in [0, 0.05) is 5.92 Å². The molecule has 3 heterocycles. The van der Waals surface area contributed by atoms with Gasteiger partial charge in [-0.25, -0.2) is 4.98 Å². The van der Waals surface area contributed by atoms with Gasteiger partial charge in [0.1, 0.15) is 11.6 Å². The lowest BCUT2D eigenvalue weighted by Crippen LogP contribution is -2.02. The molecule has 6 nitrogen and oxygen atoms in total. The van der Waals surface area contributed by atoms with Crippen molar-refractivity contribution in [3.8, 4) is 0 Å². The van der Waals surface area contributed by atoms with Crippen molar-refractivity contribution >= 4 is 28.6 Å². The number of nitrogens with one attached hydrogen (secondary N) is 2. The van der Waals surface area contributed by atoms with Crippen molar-refractivity contribution in [2.75, 3.05) is 5.32 Å². The largest absolute Gasteiger partial charge is 0.467 e. The maximum Gasteiger partial charge on any atom is 0.226 e. The molecule has 1 saturated carbocycles. The Hall–Kier alpha value is -2.08. The quantitative estimate of drug-likeness (QED) is 0.722. The number of anilines is 1. The van der Waals surface area contributed by atoms with E-state index in [1.807, 2.05) is 12.1 Å². The van der Waals surface area contributed by atoms with E-state index >= 15 is 0 Å². The lowest BCUT2D eigenvalue weighted by atomic mass is 10.4. The molecule has 1 aliphatic rings. The van der Waals surface area contributed by atoms with Gasteiger partial charge in [-0.2, -0.15) is 9.97 Å². The first-order valence-corrected chi connectivity index (χ1v) is 6.87. The van der Waals surface area contributed by atoms with Crippen molar-refractivity contribution in [3.63, 3.8) is 0 Å². The summed E-state index contributed by atoms with van der Waals surface area (Å²) in [5.41, 5.74) is 1.40. The van der Waals surface area contributed by atoms with E-state index in [4.69, 9.17) is 16.0 Å². The molecule has 0 saturated heterocycles. The highest BCUT2D eigenvalue weighted by Gasteiger charge is 2.27. The smallest absolute Gasteiger partial charge is 0.226 e. The van der Waals surface area contributed by atoms with Crippen molar-refractivity contribution in [1.82, 2.24) is 19.9 Å². The van der Waals surface area contributed by atoms with Crippen LogP contribution in [0.2, 0.25) is 5.28 Å². The van der Waals surface area contributed by atoms with Crippen LogP contribution >= 0.6 is 11.6 Å². The van der Waals surface area contributed by atoms with E-state index in [9.17, 15) is 0 Å². The summed E-state index contributed by atoms with van der Waals surface area (Å²) < 4.78 is 5.28. The molecule has 0 spiro atoms. The Morgan fingerprint density at radius 1 is 1.35 bits per heavy atom. The van der Waals surface area contributed by atoms with Crippen molar-refractivity contribution in [3.05, 3.63) is 35.3 Å². The predicted molar refractivity (Wildman–Crippen MR) is 74.7 cm³/mol. The van der Waals surface area contributed by atoms with Crippen LogP contribution in [0.15, 0.2) is 22.8 Å². The van der Waals surface area contributed by atoms with Crippen LogP contribution in [-0.2, 0) is 6.54 Å². The SMILES string of the molecule is Clc1nc(NCc2ccco2)c2nc(C3CC3)[nH]c2n1. The van der Waals surface area contributed by atoms with Crippen LogP contribution in [0.4, 0.5) is 5.82 Å². The van der Waals surface area contributed by atoms with Gasteiger partial charge < -0.3 is 14.7 Å². The van der Waals surface area contributed by atoms with Crippen molar-refractivity contribution in [2.24, 2.45) is 0 Å². The van der Waals surface area contributed by atoms with Gasteiger partial charge in [0.05, 0.1) is 12.8 Å². The van der Waals surface area contributed by atoms with Gasteiger partial charge in [-0.3, -0.25) is 0 Å². The van der Waals surface area contributed by atoms with Gasteiger partial charge in [0.15, 0.2) is 17.0 Å². The van der Waals surface area contributed by atoms with Gasteiger partial charge in [-0.1, -0.05) is 0 Å². The Morgan fingerprint density at radius 2 is 2.25 bits per heavy atom. The molecule has 3 aromatic heterocycles. The number of halogens is 1. The van der Waals surface area contributed by atoms with Crippen LogP contribution in [0.5, 0.6) is 0 Å². The average Bonchev–Trinajstić information content (AvgIpc) is 2.99. The third-order valence-corrected chi connectivity index (χ3v) is 3.48. The lowest BCUT2D eigenvalue weighted by molar-refractivity contribution is 0.518. The Balaban J connectivity index is 1.69. The number of hydrogen-bond acceptors (Lipinski definition) is 5. The molecule has 0 aliphatic heterocycles. The number of nitrogens with zero attached hydrogens (tertiary/aromatic N) is 3. The molecule has 3 aromatic rings. The number of H-pyrrole nitrogens is 1. The highest BCUT2D eigenvalue weighted by molar-refractivity contribution is 6.28. The number of hydrogen-bond donors (Lipinski definition) is 2. The Kier molecular flexibility index (Phi) is 2.63. The monoisotopic (exact) mass is 289 g/mol. The summed E-state index contributed by atoms with van der Waals surface area (Å²) in [6.07, 6.45) is 3.99. The molecule has 0 atom stereocenters. The first-order valence-electron chi connectivity index (χ1n) is 6.49. The summed E-state index contributed by atoms with van der Waals surface area (Å²) in [5, 5.41) is 3.39. The van der Waals surface area contributed by atoms with E-state index in [1.165, 1.54) is 12.8 Å². The Labute approximate surface area is 119 Å². The van der Waals surface area contributed by atoms with Crippen LogP contribution in [0.3, 0.4) is 0 Å². The second kappa shape index (κ2) is 4.49. The summed E-state index contributed by atoms with van der Waals surface area (Å²) in [5.74, 6) is 2.95. The van der Waals surface area contributed by atoms with E-state index in [-0.39, 0.29) is 5.28 Å². The lowest BCUT2D eigenvalue weighted by Gasteiger charge is -2.04. The van der Waals surface area contributed by atoms with Gasteiger partial charge in [-0.15, -0.1) is 0 Å². The summed E-state index contributed by atoms with van der Waals surface area (Å²) in [6, 6.07) is 3.74. The molecule has 4 rings (SSSR count). The molecule has 7 heteroatoms. The van der Waals surface area contributed by atoms with Crippen LogP contribution in [0, 0.1) is 0 Å². The maximum atomic E-state index is 5.96. The molecule has 2 N–H and O–H groups in total. The molecule has 0 unspecified atom stereocenters. The van der Waals surface area contributed by atoms with Crippen LogP contribution < -0.4 is 5.32 Å². The third-order valence-electron chi connectivity index (χ3n) is 3.31. The second-order valence-electron chi connectivity index (χ2n) is 4.87. The van der Waals surface area contributed by atoms with Crippen molar-refractivity contribution in [1.29, 1.82) is 0 Å². The summed E-state index contributed by atoms with van der Waals surface area (Å²) in [4.78, 5) is 16.2. The minimum Gasteiger partial charge on any atom is -0.467 e. The highest BCUT2D eigenvalue weighted by atomic mass is 35.5. The highest BCUT2D eigenvalue weighted by Crippen LogP contribution is 2.39. The van der Waals surface area contributed by atoms with Gasteiger partial charge in [-0.05, 0) is 36.6 Å². The summed E-state index contributed by atoms with van der Waals surface area (Å²) in [7, 11) is 0. The minimum absolute atomic E-state index is 0.199. The fraction of sp³-hybridized carbons (Fsp3) is 0.308. The predicted octanol–water partition coefficient (Wildman–Crippen LogP) is 3.09. The maximum absolute atomic E-state index is 5.96. The molecule has 20 heavy (non-hydrogen) atoms. The average molecular weight is 290 g/mol. The van der Waals surface area contributed by atoms with Crippen LogP contribution in [0.1, 0.15) is 30.3 Å². The Morgan fingerprint density at radius 3 is 3.00 bits per heavy atom. The molecule has 1 aliphatic carbocycles. The van der Waals surface area contributed by atoms with E-state index < -0.39 is 0 Å².